The number of hydrogen-bond donors (Lipinski definition) is 1. The number of rotatable bonds is 5. The van der Waals surface area contributed by atoms with Crippen LogP contribution >= 0.6 is 0 Å². The summed E-state index contributed by atoms with van der Waals surface area (Å²) in [4.78, 5) is 30.9. The Morgan fingerprint density at radius 3 is 3.00 bits per heavy atom. The first-order chi connectivity index (χ1) is 10.0. The Morgan fingerprint density at radius 1 is 1.62 bits per heavy atom. The topological polar surface area (TPSA) is 119 Å². The molecule has 0 amide bonds. The standard InChI is InChI=1S/C12H16N4O5/c1-21-12-10(16(19)20)11(13-7-14-12)15-4-2-3-8(6-15)5-9(17)18/h7-8H,2-6H2,1H3,(H,17,18). The number of hydrogen-bond acceptors (Lipinski definition) is 7. The minimum absolute atomic E-state index is 0.0446. The molecule has 1 N–H and O–H groups in total. The van der Waals surface area contributed by atoms with E-state index >= 15 is 0 Å². The SMILES string of the molecule is COc1ncnc(N2CCCC(CC(=O)O)C2)c1[N+](=O)[O-]. The average molecular weight is 296 g/mol. The summed E-state index contributed by atoms with van der Waals surface area (Å²) in [6.45, 7) is 1.02. The molecule has 0 aromatic carbocycles. The van der Waals surface area contributed by atoms with Gasteiger partial charge in [0.25, 0.3) is 5.88 Å². The number of carboxylic acid groups (broad SMARTS) is 1. The van der Waals surface area contributed by atoms with Crippen LogP contribution < -0.4 is 9.64 Å². The molecule has 9 nitrogen and oxygen atoms in total. The zero-order valence-corrected chi connectivity index (χ0v) is 11.6. The molecule has 1 atom stereocenters. The van der Waals surface area contributed by atoms with Crippen molar-refractivity contribution in [1.29, 1.82) is 0 Å². The summed E-state index contributed by atoms with van der Waals surface area (Å²) in [6.07, 6.45) is 2.81. The van der Waals surface area contributed by atoms with E-state index in [1.165, 1.54) is 13.4 Å². The van der Waals surface area contributed by atoms with E-state index in [1.54, 1.807) is 4.90 Å². The third kappa shape index (κ3) is 3.36. The lowest BCUT2D eigenvalue weighted by atomic mass is 9.95. The molecule has 0 bridgehead atoms. The second-order valence-electron chi connectivity index (χ2n) is 4.86. The number of aromatic nitrogens is 2. The number of carbonyl (C=O) groups is 1. The Balaban J connectivity index is 2.28. The zero-order chi connectivity index (χ0) is 15.4. The van der Waals surface area contributed by atoms with Gasteiger partial charge in [-0.15, -0.1) is 0 Å². The number of aliphatic carboxylic acids is 1. The van der Waals surface area contributed by atoms with Crippen molar-refractivity contribution in [2.45, 2.75) is 19.3 Å². The van der Waals surface area contributed by atoms with E-state index in [4.69, 9.17) is 9.84 Å². The number of methoxy groups -OCH3 is 1. The Hall–Kier alpha value is -2.45. The lowest BCUT2D eigenvalue weighted by molar-refractivity contribution is -0.385. The fraction of sp³-hybridized carbons (Fsp3) is 0.583. The molecular weight excluding hydrogens is 280 g/mol. The molecule has 1 aromatic heterocycles. The first kappa shape index (κ1) is 14.9. The molecule has 1 fully saturated rings. The van der Waals surface area contributed by atoms with E-state index < -0.39 is 10.9 Å². The summed E-state index contributed by atoms with van der Waals surface area (Å²) in [5, 5.41) is 20.1. The highest BCUT2D eigenvalue weighted by atomic mass is 16.6. The van der Waals surface area contributed by atoms with Crippen LogP contribution in [0.15, 0.2) is 6.33 Å². The third-order valence-corrected chi connectivity index (χ3v) is 3.43. The van der Waals surface area contributed by atoms with Crippen LogP contribution in [0.1, 0.15) is 19.3 Å². The molecule has 0 saturated carbocycles. The molecule has 1 aromatic rings. The van der Waals surface area contributed by atoms with Gasteiger partial charge in [-0.2, -0.15) is 4.98 Å². The summed E-state index contributed by atoms with van der Waals surface area (Å²) in [7, 11) is 1.31. The normalized spacial score (nSPS) is 18.3. The van der Waals surface area contributed by atoms with Crippen LogP contribution in [-0.4, -0.2) is 46.2 Å². The summed E-state index contributed by atoms with van der Waals surface area (Å²) >= 11 is 0. The number of anilines is 1. The van der Waals surface area contributed by atoms with Gasteiger partial charge in [-0.25, -0.2) is 4.98 Å². The minimum Gasteiger partial charge on any atom is -0.481 e. The fourth-order valence-corrected chi connectivity index (χ4v) is 2.57. The summed E-state index contributed by atoms with van der Waals surface area (Å²) in [5.41, 5.74) is -0.282. The number of ether oxygens (including phenoxy) is 1. The first-order valence-electron chi connectivity index (χ1n) is 6.53. The monoisotopic (exact) mass is 296 g/mol. The molecule has 1 saturated heterocycles. The van der Waals surface area contributed by atoms with Crippen molar-refractivity contribution in [3.8, 4) is 5.88 Å². The minimum atomic E-state index is -0.864. The quantitative estimate of drug-likeness (QED) is 0.633. The van der Waals surface area contributed by atoms with Crippen molar-refractivity contribution in [1.82, 2.24) is 9.97 Å². The molecule has 0 radical (unpaired) electrons. The lowest BCUT2D eigenvalue weighted by Gasteiger charge is -2.32. The zero-order valence-electron chi connectivity index (χ0n) is 11.6. The van der Waals surface area contributed by atoms with Crippen molar-refractivity contribution in [2.75, 3.05) is 25.1 Å². The van der Waals surface area contributed by atoms with Gasteiger partial charge in [-0.3, -0.25) is 14.9 Å². The Labute approximate surface area is 120 Å². The van der Waals surface area contributed by atoms with Crippen LogP contribution in [-0.2, 0) is 4.79 Å². The van der Waals surface area contributed by atoms with Gasteiger partial charge >= 0.3 is 11.7 Å². The van der Waals surface area contributed by atoms with E-state index in [2.05, 4.69) is 9.97 Å². The second-order valence-corrected chi connectivity index (χ2v) is 4.86. The summed E-state index contributed by atoms with van der Waals surface area (Å²) < 4.78 is 4.92. The maximum Gasteiger partial charge on any atom is 0.372 e. The van der Waals surface area contributed by atoms with E-state index in [-0.39, 0.29) is 29.7 Å². The van der Waals surface area contributed by atoms with Gasteiger partial charge in [-0.1, -0.05) is 0 Å². The average Bonchev–Trinajstić information content (AvgIpc) is 2.45. The third-order valence-electron chi connectivity index (χ3n) is 3.43. The summed E-state index contributed by atoms with van der Waals surface area (Å²) in [6, 6.07) is 0. The van der Waals surface area contributed by atoms with Gasteiger partial charge < -0.3 is 14.7 Å². The molecular formula is C12H16N4O5. The van der Waals surface area contributed by atoms with Crippen molar-refractivity contribution in [2.24, 2.45) is 5.92 Å². The maximum atomic E-state index is 11.2. The van der Waals surface area contributed by atoms with Crippen LogP contribution in [0.2, 0.25) is 0 Å². The van der Waals surface area contributed by atoms with E-state index in [1.807, 2.05) is 0 Å². The molecule has 0 aliphatic carbocycles. The molecule has 114 valence electrons. The first-order valence-corrected chi connectivity index (χ1v) is 6.53. The smallest absolute Gasteiger partial charge is 0.372 e. The number of nitrogens with zero attached hydrogens (tertiary/aromatic N) is 4. The van der Waals surface area contributed by atoms with E-state index in [0.717, 1.165) is 12.8 Å². The van der Waals surface area contributed by atoms with E-state index in [0.29, 0.717) is 13.1 Å². The van der Waals surface area contributed by atoms with Crippen molar-refractivity contribution in [3.63, 3.8) is 0 Å². The van der Waals surface area contributed by atoms with Crippen LogP contribution in [0.3, 0.4) is 0 Å². The van der Waals surface area contributed by atoms with Gasteiger partial charge in [0, 0.05) is 19.5 Å². The maximum absolute atomic E-state index is 11.2. The Kier molecular flexibility index (Phi) is 4.51. The van der Waals surface area contributed by atoms with Crippen LogP contribution in [0.25, 0.3) is 0 Å². The highest BCUT2D eigenvalue weighted by molar-refractivity contribution is 5.67. The predicted octanol–water partition coefficient (Wildman–Crippen LogP) is 1.08. The van der Waals surface area contributed by atoms with E-state index in [9.17, 15) is 14.9 Å². The van der Waals surface area contributed by atoms with Gasteiger partial charge in [0.05, 0.1) is 12.0 Å². The van der Waals surface area contributed by atoms with Crippen LogP contribution in [0, 0.1) is 16.0 Å². The van der Waals surface area contributed by atoms with Crippen LogP contribution in [0.4, 0.5) is 11.5 Å². The summed E-state index contributed by atoms with van der Waals surface area (Å²) in [5.74, 6) is -0.819. The molecule has 9 heteroatoms. The molecule has 21 heavy (non-hydrogen) atoms. The molecule has 0 spiro atoms. The Bertz CT molecular complexity index is 550. The van der Waals surface area contributed by atoms with Gasteiger partial charge in [0.1, 0.15) is 6.33 Å². The van der Waals surface area contributed by atoms with Gasteiger partial charge in [0.15, 0.2) is 0 Å². The molecule has 1 unspecified atom stereocenters. The van der Waals surface area contributed by atoms with Gasteiger partial charge in [-0.05, 0) is 18.8 Å². The highest BCUT2D eigenvalue weighted by Gasteiger charge is 2.31. The fourth-order valence-electron chi connectivity index (χ4n) is 2.57. The highest BCUT2D eigenvalue weighted by Crippen LogP contribution is 2.35. The van der Waals surface area contributed by atoms with Crippen molar-refractivity contribution < 1.29 is 19.6 Å². The second kappa shape index (κ2) is 6.33. The predicted molar refractivity (Wildman–Crippen MR) is 72.4 cm³/mol. The Morgan fingerprint density at radius 2 is 2.38 bits per heavy atom. The number of carboxylic acids is 1. The van der Waals surface area contributed by atoms with Crippen molar-refractivity contribution >= 4 is 17.5 Å². The van der Waals surface area contributed by atoms with Gasteiger partial charge in [0.2, 0.25) is 5.82 Å². The lowest BCUT2D eigenvalue weighted by Crippen LogP contribution is -2.37. The van der Waals surface area contributed by atoms with Crippen LogP contribution in [0.5, 0.6) is 5.88 Å². The number of nitro groups is 1. The molecule has 2 rings (SSSR count). The molecule has 1 aliphatic rings. The van der Waals surface area contributed by atoms with Crippen molar-refractivity contribution in [3.05, 3.63) is 16.4 Å². The molecule has 1 aliphatic heterocycles. The molecule has 2 heterocycles. The number of piperidine rings is 1. The largest absolute Gasteiger partial charge is 0.481 e.